The Kier molecular flexibility index (Phi) is 3.83. The second-order valence-corrected chi connectivity index (χ2v) is 5.33. The van der Waals surface area contributed by atoms with Gasteiger partial charge < -0.3 is 14.1 Å². The molecule has 0 saturated heterocycles. The lowest BCUT2D eigenvalue weighted by molar-refractivity contribution is -0.132. The Balaban J connectivity index is 1.61. The normalized spacial score (nSPS) is 10.7. The maximum absolute atomic E-state index is 12.0. The fraction of sp³-hybridized carbons (Fsp3) is 0.214. The van der Waals surface area contributed by atoms with Gasteiger partial charge in [-0.05, 0) is 23.6 Å². The summed E-state index contributed by atoms with van der Waals surface area (Å²) in [6.45, 7) is 0.339. The highest BCUT2D eigenvalue weighted by Gasteiger charge is 2.13. The first-order valence-corrected chi connectivity index (χ1v) is 7.19. The Hall–Kier alpha value is -2.41. The van der Waals surface area contributed by atoms with E-state index in [4.69, 9.17) is 9.15 Å². The van der Waals surface area contributed by atoms with Crippen molar-refractivity contribution in [3.05, 3.63) is 41.9 Å². The van der Waals surface area contributed by atoms with E-state index in [-0.39, 0.29) is 12.5 Å². The van der Waals surface area contributed by atoms with Crippen LogP contribution >= 0.6 is 11.3 Å². The van der Waals surface area contributed by atoms with Crippen LogP contribution in [0.15, 0.2) is 40.6 Å². The molecule has 108 valence electrons. The zero-order chi connectivity index (χ0) is 14.7. The van der Waals surface area contributed by atoms with Crippen molar-refractivity contribution in [3.8, 4) is 5.88 Å². The van der Waals surface area contributed by atoms with Gasteiger partial charge in [0.15, 0.2) is 6.61 Å². The molecule has 6 nitrogen and oxygen atoms in total. The first kappa shape index (κ1) is 13.6. The van der Waals surface area contributed by atoms with Gasteiger partial charge in [0.2, 0.25) is 5.88 Å². The SMILES string of the molecule is CN(Cc1ccco1)C(=O)COc1ncnc2sccc12. The van der Waals surface area contributed by atoms with Crippen molar-refractivity contribution in [3.63, 3.8) is 0 Å². The van der Waals surface area contributed by atoms with Crippen molar-refractivity contribution in [1.82, 2.24) is 14.9 Å². The fourth-order valence-electron chi connectivity index (χ4n) is 1.85. The standard InChI is InChI=1S/C14H13N3O3S/c1-17(7-10-3-2-5-19-10)12(18)8-20-13-11-4-6-21-14(11)16-9-15-13/h2-6,9H,7-8H2,1H3. The van der Waals surface area contributed by atoms with Crippen LogP contribution in [0, 0.1) is 0 Å². The number of likely N-dealkylation sites (N-methyl/N-ethyl adjacent to an activating group) is 1. The van der Waals surface area contributed by atoms with Gasteiger partial charge in [0.05, 0.1) is 18.2 Å². The molecule has 1 amide bonds. The molecule has 0 aliphatic rings. The van der Waals surface area contributed by atoms with Crippen LogP contribution in [0.4, 0.5) is 0 Å². The van der Waals surface area contributed by atoms with Gasteiger partial charge in [-0.1, -0.05) is 0 Å². The van der Waals surface area contributed by atoms with E-state index < -0.39 is 0 Å². The molecule has 0 bridgehead atoms. The maximum Gasteiger partial charge on any atom is 0.260 e. The van der Waals surface area contributed by atoms with E-state index in [9.17, 15) is 4.79 Å². The van der Waals surface area contributed by atoms with Gasteiger partial charge >= 0.3 is 0 Å². The molecule has 3 aromatic heterocycles. The van der Waals surface area contributed by atoms with Crippen molar-refractivity contribution < 1.29 is 13.9 Å². The number of ether oxygens (including phenoxy) is 1. The summed E-state index contributed by atoms with van der Waals surface area (Å²) in [4.78, 5) is 22.6. The maximum atomic E-state index is 12.0. The Morgan fingerprint density at radius 1 is 1.43 bits per heavy atom. The van der Waals surface area contributed by atoms with Crippen molar-refractivity contribution >= 4 is 27.5 Å². The van der Waals surface area contributed by atoms with Gasteiger partial charge in [-0.2, -0.15) is 0 Å². The monoisotopic (exact) mass is 303 g/mol. The number of hydrogen-bond acceptors (Lipinski definition) is 6. The molecular weight excluding hydrogens is 290 g/mol. The lowest BCUT2D eigenvalue weighted by Crippen LogP contribution is -2.30. The van der Waals surface area contributed by atoms with Crippen LogP contribution in [-0.2, 0) is 11.3 Å². The predicted octanol–water partition coefficient (Wildman–Crippen LogP) is 2.32. The highest BCUT2D eigenvalue weighted by molar-refractivity contribution is 7.16. The molecule has 0 radical (unpaired) electrons. The zero-order valence-electron chi connectivity index (χ0n) is 11.4. The fourth-order valence-corrected chi connectivity index (χ4v) is 2.57. The smallest absolute Gasteiger partial charge is 0.260 e. The number of thiophene rings is 1. The first-order valence-electron chi connectivity index (χ1n) is 6.31. The number of fused-ring (bicyclic) bond motifs is 1. The summed E-state index contributed by atoms with van der Waals surface area (Å²) >= 11 is 1.51. The quantitative estimate of drug-likeness (QED) is 0.723. The van der Waals surface area contributed by atoms with Gasteiger partial charge in [0, 0.05) is 7.05 Å². The topological polar surface area (TPSA) is 68.5 Å². The number of furan rings is 1. The Labute approximate surface area is 125 Å². The summed E-state index contributed by atoms with van der Waals surface area (Å²) in [5, 5.41) is 2.74. The summed E-state index contributed by atoms with van der Waals surface area (Å²) in [5.41, 5.74) is 0. The van der Waals surface area contributed by atoms with E-state index in [0.29, 0.717) is 12.4 Å². The predicted molar refractivity (Wildman–Crippen MR) is 78.1 cm³/mol. The molecule has 0 aliphatic heterocycles. The zero-order valence-corrected chi connectivity index (χ0v) is 12.2. The van der Waals surface area contributed by atoms with E-state index in [1.54, 1.807) is 24.3 Å². The van der Waals surface area contributed by atoms with Crippen molar-refractivity contribution in [2.45, 2.75) is 6.54 Å². The number of hydrogen-bond donors (Lipinski definition) is 0. The molecule has 0 saturated carbocycles. The van der Waals surface area contributed by atoms with E-state index in [2.05, 4.69) is 9.97 Å². The number of nitrogens with zero attached hydrogens (tertiary/aromatic N) is 3. The molecule has 0 atom stereocenters. The number of rotatable bonds is 5. The molecular formula is C14H13N3O3S. The van der Waals surface area contributed by atoms with Crippen LogP contribution in [0.25, 0.3) is 10.2 Å². The van der Waals surface area contributed by atoms with Crippen LogP contribution in [-0.4, -0.2) is 34.4 Å². The van der Waals surface area contributed by atoms with Crippen LogP contribution < -0.4 is 4.74 Å². The third kappa shape index (κ3) is 3.03. The van der Waals surface area contributed by atoms with Crippen LogP contribution in [0.5, 0.6) is 5.88 Å². The van der Waals surface area contributed by atoms with Gasteiger partial charge in [0.1, 0.15) is 16.9 Å². The number of amides is 1. The summed E-state index contributed by atoms with van der Waals surface area (Å²) in [7, 11) is 1.70. The molecule has 0 aliphatic carbocycles. The summed E-state index contributed by atoms with van der Waals surface area (Å²) in [5.74, 6) is 1.02. The molecule has 0 unspecified atom stereocenters. The molecule has 0 aromatic carbocycles. The Morgan fingerprint density at radius 2 is 2.33 bits per heavy atom. The van der Waals surface area contributed by atoms with Crippen molar-refractivity contribution in [2.24, 2.45) is 0 Å². The lowest BCUT2D eigenvalue weighted by Gasteiger charge is -2.15. The van der Waals surface area contributed by atoms with E-state index in [1.807, 2.05) is 17.5 Å². The van der Waals surface area contributed by atoms with Gasteiger partial charge in [-0.25, -0.2) is 9.97 Å². The molecule has 0 fully saturated rings. The minimum Gasteiger partial charge on any atom is -0.467 e. The number of carbonyl (C=O) groups excluding carboxylic acids is 1. The van der Waals surface area contributed by atoms with E-state index in [0.717, 1.165) is 16.0 Å². The minimum atomic E-state index is -0.145. The molecule has 21 heavy (non-hydrogen) atoms. The highest BCUT2D eigenvalue weighted by atomic mass is 32.1. The van der Waals surface area contributed by atoms with Gasteiger partial charge in [-0.3, -0.25) is 4.79 Å². The second-order valence-electron chi connectivity index (χ2n) is 4.44. The van der Waals surface area contributed by atoms with Gasteiger partial charge in [-0.15, -0.1) is 11.3 Å². The van der Waals surface area contributed by atoms with Crippen LogP contribution in [0.2, 0.25) is 0 Å². The van der Waals surface area contributed by atoms with Crippen molar-refractivity contribution in [1.29, 1.82) is 0 Å². The van der Waals surface area contributed by atoms with Crippen molar-refractivity contribution in [2.75, 3.05) is 13.7 Å². The summed E-state index contributed by atoms with van der Waals surface area (Å²) in [6.07, 6.45) is 3.02. The second kappa shape index (κ2) is 5.92. The molecule has 3 rings (SSSR count). The molecule has 0 N–H and O–H groups in total. The highest BCUT2D eigenvalue weighted by Crippen LogP contribution is 2.25. The number of carbonyl (C=O) groups is 1. The van der Waals surface area contributed by atoms with E-state index >= 15 is 0 Å². The molecule has 0 spiro atoms. The average Bonchev–Trinajstić information content (AvgIpc) is 3.15. The van der Waals surface area contributed by atoms with E-state index in [1.165, 1.54) is 17.7 Å². The molecule has 3 aromatic rings. The average molecular weight is 303 g/mol. The largest absolute Gasteiger partial charge is 0.467 e. The van der Waals surface area contributed by atoms with Crippen LogP contribution in [0.3, 0.4) is 0 Å². The van der Waals surface area contributed by atoms with Crippen LogP contribution in [0.1, 0.15) is 5.76 Å². The summed E-state index contributed by atoms with van der Waals surface area (Å²) in [6, 6.07) is 5.49. The van der Waals surface area contributed by atoms with Gasteiger partial charge in [0.25, 0.3) is 5.91 Å². The lowest BCUT2D eigenvalue weighted by atomic mass is 10.4. The first-order chi connectivity index (χ1) is 10.2. The molecule has 7 heteroatoms. The Bertz CT molecular complexity index is 739. The third-order valence-corrected chi connectivity index (χ3v) is 3.78. The third-order valence-electron chi connectivity index (χ3n) is 2.96. The summed E-state index contributed by atoms with van der Waals surface area (Å²) < 4.78 is 10.7. The molecule has 3 heterocycles. The minimum absolute atomic E-state index is 0.0703. The Morgan fingerprint density at radius 3 is 3.14 bits per heavy atom. The number of aromatic nitrogens is 2.